The van der Waals surface area contributed by atoms with Gasteiger partial charge in [-0.1, -0.05) is 32.3 Å². The minimum atomic E-state index is -0.300. The number of fused-ring (bicyclic) bond motifs is 1. The van der Waals surface area contributed by atoms with E-state index in [0.717, 1.165) is 31.8 Å². The summed E-state index contributed by atoms with van der Waals surface area (Å²) in [5, 5.41) is 12.9. The number of nitrogens with zero attached hydrogens (tertiary/aromatic N) is 2. The summed E-state index contributed by atoms with van der Waals surface area (Å²) in [5.74, 6) is 1.13. The second-order valence-electron chi connectivity index (χ2n) is 10.8. The van der Waals surface area contributed by atoms with E-state index in [1.807, 2.05) is 13.0 Å². The summed E-state index contributed by atoms with van der Waals surface area (Å²) >= 11 is 0. The molecule has 2 aliphatic carbocycles. The first-order valence-electron chi connectivity index (χ1n) is 13.1. The molecule has 0 aromatic heterocycles. The maximum Gasteiger partial charge on any atom is 0.258 e. The van der Waals surface area contributed by atoms with Crippen molar-refractivity contribution in [1.29, 1.82) is 0 Å². The maximum atomic E-state index is 13.5. The van der Waals surface area contributed by atoms with Crippen molar-refractivity contribution in [3.8, 4) is 5.75 Å². The molecule has 0 bridgehead atoms. The van der Waals surface area contributed by atoms with Crippen LogP contribution in [0.2, 0.25) is 0 Å². The predicted molar refractivity (Wildman–Crippen MR) is 133 cm³/mol. The summed E-state index contributed by atoms with van der Waals surface area (Å²) in [6.45, 7) is 6.20. The molecular formula is C27H41N3O4. The van der Waals surface area contributed by atoms with E-state index in [0.29, 0.717) is 23.5 Å². The largest absolute Gasteiger partial charge is 0.486 e. The fourth-order valence-corrected chi connectivity index (χ4v) is 5.33. The van der Waals surface area contributed by atoms with Crippen LogP contribution in [0.15, 0.2) is 18.2 Å². The molecule has 3 atom stereocenters. The molecular weight excluding hydrogens is 430 g/mol. The first kappa shape index (κ1) is 25.0. The number of nitrogens with one attached hydrogen (secondary N) is 1. The SMILES string of the molecule is C[C@H](CO)N1C[C@H](C)[C@H](CN(C)CC2CCCCC2)Oc2c(NC(=O)C3CC3)cccc2C1=O. The molecule has 1 aliphatic heterocycles. The van der Waals surface area contributed by atoms with E-state index in [1.165, 1.54) is 32.1 Å². The molecule has 2 amide bonds. The summed E-state index contributed by atoms with van der Waals surface area (Å²) in [7, 11) is 2.16. The number of benzene rings is 1. The number of hydrogen-bond donors (Lipinski definition) is 2. The first-order valence-corrected chi connectivity index (χ1v) is 13.1. The molecule has 3 aliphatic rings. The Balaban J connectivity index is 1.60. The number of anilines is 1. The maximum absolute atomic E-state index is 13.5. The fraction of sp³-hybridized carbons (Fsp3) is 0.704. The van der Waals surface area contributed by atoms with Crippen molar-refractivity contribution in [1.82, 2.24) is 9.80 Å². The van der Waals surface area contributed by atoms with Crippen LogP contribution in [0.1, 0.15) is 69.2 Å². The van der Waals surface area contributed by atoms with Crippen LogP contribution >= 0.6 is 0 Å². The third-order valence-corrected chi connectivity index (χ3v) is 7.68. The van der Waals surface area contributed by atoms with Crippen LogP contribution in [0.4, 0.5) is 5.69 Å². The standard InChI is InChI=1S/C27H41N3O4/c1-18-14-30(19(2)17-31)27(33)22-10-7-11-23(28-26(32)21-12-13-21)25(22)34-24(18)16-29(3)15-20-8-5-4-6-9-20/h7,10-11,18-21,24,31H,4-6,8-9,12-17H2,1-3H3,(H,28,32)/t18-,19+,24-/m0/s1. The number of carbonyl (C=O) groups is 2. The molecule has 0 radical (unpaired) electrons. The topological polar surface area (TPSA) is 82.1 Å². The van der Waals surface area contributed by atoms with Gasteiger partial charge in [-0.3, -0.25) is 9.59 Å². The first-order chi connectivity index (χ1) is 16.4. The highest BCUT2D eigenvalue weighted by molar-refractivity contribution is 6.02. The highest BCUT2D eigenvalue weighted by Gasteiger charge is 2.36. The number of hydrogen-bond acceptors (Lipinski definition) is 5. The smallest absolute Gasteiger partial charge is 0.258 e. The quantitative estimate of drug-likeness (QED) is 0.603. The third-order valence-electron chi connectivity index (χ3n) is 7.68. The van der Waals surface area contributed by atoms with Crippen molar-refractivity contribution < 1.29 is 19.4 Å². The molecule has 1 aromatic carbocycles. The van der Waals surface area contributed by atoms with Gasteiger partial charge >= 0.3 is 0 Å². The van der Waals surface area contributed by atoms with Crippen LogP contribution in [0.5, 0.6) is 5.75 Å². The molecule has 1 aromatic rings. The average molecular weight is 472 g/mol. The molecule has 0 unspecified atom stereocenters. The number of carbonyl (C=O) groups excluding carboxylic acids is 2. The van der Waals surface area contributed by atoms with Crippen molar-refractivity contribution in [2.45, 2.75) is 70.9 Å². The van der Waals surface area contributed by atoms with Crippen molar-refractivity contribution in [2.24, 2.45) is 17.8 Å². The number of para-hydroxylation sites is 1. The van der Waals surface area contributed by atoms with E-state index in [1.54, 1.807) is 17.0 Å². The zero-order chi connectivity index (χ0) is 24.2. The van der Waals surface area contributed by atoms with Gasteiger partial charge in [-0.15, -0.1) is 0 Å². The molecule has 2 N–H and O–H groups in total. The number of likely N-dealkylation sites (N-methyl/N-ethyl adjacent to an activating group) is 1. The van der Waals surface area contributed by atoms with Gasteiger partial charge in [0, 0.05) is 31.5 Å². The normalized spacial score (nSPS) is 24.7. The Hall–Kier alpha value is -2.12. The van der Waals surface area contributed by atoms with Gasteiger partial charge in [0.05, 0.1) is 23.9 Å². The number of amides is 2. The fourth-order valence-electron chi connectivity index (χ4n) is 5.33. The van der Waals surface area contributed by atoms with Crippen LogP contribution in [0, 0.1) is 17.8 Å². The molecule has 188 valence electrons. The lowest BCUT2D eigenvalue weighted by Crippen LogP contribution is -2.50. The van der Waals surface area contributed by atoms with E-state index in [4.69, 9.17) is 4.74 Å². The molecule has 4 rings (SSSR count). The van der Waals surface area contributed by atoms with Gasteiger partial charge in [0.15, 0.2) is 5.75 Å². The van der Waals surface area contributed by atoms with Crippen molar-refractivity contribution >= 4 is 17.5 Å². The summed E-state index contributed by atoms with van der Waals surface area (Å²) in [4.78, 5) is 30.2. The van der Waals surface area contributed by atoms with Crippen LogP contribution in [0.3, 0.4) is 0 Å². The van der Waals surface area contributed by atoms with Gasteiger partial charge in [-0.25, -0.2) is 0 Å². The van der Waals surface area contributed by atoms with Gasteiger partial charge < -0.3 is 25.0 Å². The minimum absolute atomic E-state index is 0.00824. The van der Waals surface area contributed by atoms with Gasteiger partial charge in [0.1, 0.15) is 6.10 Å². The summed E-state index contributed by atoms with van der Waals surface area (Å²) in [6.07, 6.45) is 8.26. The molecule has 2 saturated carbocycles. The molecule has 7 nitrogen and oxygen atoms in total. The number of aliphatic hydroxyl groups excluding tert-OH is 1. The van der Waals surface area contributed by atoms with Crippen LogP contribution in [0.25, 0.3) is 0 Å². The lowest BCUT2D eigenvalue weighted by Gasteiger charge is -2.39. The molecule has 2 fully saturated rings. The predicted octanol–water partition coefficient (Wildman–Crippen LogP) is 3.77. The Morgan fingerprint density at radius 2 is 1.94 bits per heavy atom. The van der Waals surface area contributed by atoms with E-state index < -0.39 is 0 Å². The van der Waals surface area contributed by atoms with Gasteiger partial charge in [0.2, 0.25) is 5.91 Å². The number of aliphatic hydroxyl groups is 1. The zero-order valence-corrected chi connectivity index (χ0v) is 21.0. The van der Waals surface area contributed by atoms with Crippen LogP contribution in [-0.4, -0.2) is 72.2 Å². The van der Waals surface area contributed by atoms with E-state index in [9.17, 15) is 14.7 Å². The summed E-state index contributed by atoms with van der Waals surface area (Å²) < 4.78 is 6.61. The van der Waals surface area contributed by atoms with E-state index in [-0.39, 0.29) is 42.4 Å². The second kappa shape index (κ2) is 11.1. The average Bonchev–Trinajstić information content (AvgIpc) is 3.67. The Morgan fingerprint density at radius 3 is 2.62 bits per heavy atom. The van der Waals surface area contributed by atoms with Gasteiger partial charge in [0.25, 0.3) is 5.91 Å². The molecule has 34 heavy (non-hydrogen) atoms. The van der Waals surface area contributed by atoms with E-state index >= 15 is 0 Å². The van der Waals surface area contributed by atoms with Crippen molar-refractivity contribution in [3.63, 3.8) is 0 Å². The third kappa shape index (κ3) is 5.92. The van der Waals surface area contributed by atoms with Crippen molar-refractivity contribution in [3.05, 3.63) is 23.8 Å². The van der Waals surface area contributed by atoms with Gasteiger partial charge in [-0.2, -0.15) is 0 Å². The number of rotatable bonds is 8. The summed E-state index contributed by atoms with van der Waals surface area (Å²) in [6, 6.07) is 5.08. The Kier molecular flexibility index (Phi) is 8.14. The molecule has 0 spiro atoms. The highest BCUT2D eigenvalue weighted by atomic mass is 16.5. The molecule has 1 heterocycles. The zero-order valence-electron chi connectivity index (χ0n) is 21.0. The molecule has 7 heteroatoms. The van der Waals surface area contributed by atoms with Crippen LogP contribution in [-0.2, 0) is 4.79 Å². The Labute approximate surface area is 203 Å². The second-order valence-corrected chi connectivity index (χ2v) is 10.8. The lowest BCUT2D eigenvalue weighted by molar-refractivity contribution is -0.117. The Morgan fingerprint density at radius 1 is 1.21 bits per heavy atom. The lowest BCUT2D eigenvalue weighted by atomic mass is 9.89. The highest BCUT2D eigenvalue weighted by Crippen LogP contribution is 2.37. The van der Waals surface area contributed by atoms with Gasteiger partial charge in [-0.05, 0) is 57.7 Å². The van der Waals surface area contributed by atoms with E-state index in [2.05, 4.69) is 24.2 Å². The number of ether oxygens (including phenoxy) is 1. The van der Waals surface area contributed by atoms with Crippen molar-refractivity contribution in [2.75, 3.05) is 38.6 Å². The molecule has 0 saturated heterocycles. The summed E-state index contributed by atoms with van der Waals surface area (Å²) in [5.41, 5.74) is 1.01. The minimum Gasteiger partial charge on any atom is -0.486 e. The monoisotopic (exact) mass is 471 g/mol. The Bertz CT molecular complexity index is 865. The van der Waals surface area contributed by atoms with Crippen LogP contribution < -0.4 is 10.1 Å².